The zero-order valence-electron chi connectivity index (χ0n) is 20.9. The highest BCUT2D eigenvalue weighted by atomic mass is 32.1. The quantitative estimate of drug-likeness (QED) is 0.407. The minimum atomic E-state index is -4.79. The van der Waals surface area contributed by atoms with Gasteiger partial charge in [0.05, 0.1) is 31.1 Å². The van der Waals surface area contributed by atoms with E-state index in [2.05, 4.69) is 15.7 Å². The van der Waals surface area contributed by atoms with Crippen LogP contribution in [0.2, 0.25) is 0 Å². The number of urea groups is 1. The molecular weight excluding hydrogens is 551 g/mol. The molecule has 1 fully saturated rings. The maximum atomic E-state index is 13.6. The fourth-order valence-corrected chi connectivity index (χ4v) is 5.43. The van der Waals surface area contributed by atoms with Gasteiger partial charge in [-0.3, -0.25) is 15.0 Å². The number of ether oxygens (including phenoxy) is 1. The van der Waals surface area contributed by atoms with Crippen molar-refractivity contribution in [1.82, 2.24) is 15.4 Å². The van der Waals surface area contributed by atoms with E-state index in [1.54, 1.807) is 58.3 Å². The second kappa shape index (κ2) is 11.0. The number of para-hydroxylation sites is 3. The van der Waals surface area contributed by atoms with Crippen molar-refractivity contribution in [2.45, 2.75) is 12.2 Å². The summed E-state index contributed by atoms with van der Waals surface area (Å²) in [6.45, 7) is 0.873. The average molecular weight is 576 g/mol. The van der Waals surface area contributed by atoms with Crippen molar-refractivity contribution in [3.63, 3.8) is 0 Å². The molecule has 0 spiro atoms. The summed E-state index contributed by atoms with van der Waals surface area (Å²) < 4.78 is 45.9. The highest BCUT2D eigenvalue weighted by Crippen LogP contribution is 2.39. The topological polar surface area (TPSA) is 133 Å². The molecule has 15 heteroatoms. The number of morpholine rings is 1. The number of anilines is 4. The summed E-state index contributed by atoms with van der Waals surface area (Å²) in [7, 11) is 0. The summed E-state index contributed by atoms with van der Waals surface area (Å²) >= 11 is 0.317. The maximum Gasteiger partial charge on any atom is 0.443 e. The van der Waals surface area contributed by atoms with Gasteiger partial charge in [0.1, 0.15) is 5.00 Å². The Morgan fingerprint density at radius 3 is 2.45 bits per heavy atom. The van der Waals surface area contributed by atoms with Crippen molar-refractivity contribution in [2.24, 2.45) is 5.73 Å². The first-order chi connectivity index (χ1) is 19.1. The average Bonchev–Trinajstić information content (AvgIpc) is 3.35. The van der Waals surface area contributed by atoms with Gasteiger partial charge < -0.3 is 25.6 Å². The smallest absolute Gasteiger partial charge is 0.378 e. The van der Waals surface area contributed by atoms with Gasteiger partial charge in [-0.2, -0.15) is 13.2 Å². The van der Waals surface area contributed by atoms with Gasteiger partial charge in [-0.25, -0.2) is 14.8 Å². The normalized spacial score (nSPS) is 17.5. The predicted octanol–water partition coefficient (Wildman–Crippen LogP) is 3.18. The molecule has 3 aromatic rings. The highest BCUT2D eigenvalue weighted by molar-refractivity contribution is 7.16. The van der Waals surface area contributed by atoms with E-state index in [-0.39, 0.29) is 37.8 Å². The zero-order chi connectivity index (χ0) is 28.4. The number of benzene rings is 2. The number of aromatic nitrogens is 1. The molecule has 2 aliphatic heterocycles. The van der Waals surface area contributed by atoms with Crippen molar-refractivity contribution < 1.29 is 32.3 Å². The summed E-state index contributed by atoms with van der Waals surface area (Å²) in [6, 6.07) is 13.4. The summed E-state index contributed by atoms with van der Waals surface area (Å²) in [6.07, 6.45) is -4.79. The molecule has 210 valence electrons. The van der Waals surface area contributed by atoms with E-state index >= 15 is 0 Å². The van der Waals surface area contributed by atoms with Crippen LogP contribution in [0.15, 0.2) is 54.6 Å². The number of fused-ring (bicyclic) bond motifs is 1. The van der Waals surface area contributed by atoms with Crippen LogP contribution in [-0.2, 0) is 15.7 Å². The van der Waals surface area contributed by atoms with E-state index in [0.717, 1.165) is 0 Å². The van der Waals surface area contributed by atoms with Gasteiger partial charge in [-0.15, -0.1) is 0 Å². The molecule has 3 heterocycles. The van der Waals surface area contributed by atoms with Gasteiger partial charge in [0.25, 0.3) is 11.8 Å². The lowest BCUT2D eigenvalue weighted by molar-refractivity contribution is -0.137. The zero-order valence-corrected chi connectivity index (χ0v) is 21.7. The number of primary amides is 1. The van der Waals surface area contributed by atoms with Gasteiger partial charge in [0.15, 0.2) is 11.7 Å². The Bertz CT molecular complexity index is 1410. The Morgan fingerprint density at radius 1 is 1.10 bits per heavy atom. The van der Waals surface area contributed by atoms with Crippen molar-refractivity contribution in [1.29, 1.82) is 0 Å². The van der Waals surface area contributed by atoms with Gasteiger partial charge >= 0.3 is 12.2 Å². The summed E-state index contributed by atoms with van der Waals surface area (Å²) in [5.74, 6) is -1.78. The Kier molecular flexibility index (Phi) is 7.49. The third-order valence-electron chi connectivity index (χ3n) is 6.31. The Labute approximate surface area is 230 Å². The van der Waals surface area contributed by atoms with Crippen LogP contribution in [0.4, 0.5) is 40.0 Å². The number of carbonyl (C=O) groups is 3. The van der Waals surface area contributed by atoms with E-state index in [1.165, 1.54) is 0 Å². The lowest BCUT2D eigenvalue weighted by Gasteiger charge is -2.32. The van der Waals surface area contributed by atoms with Crippen LogP contribution in [0.3, 0.4) is 0 Å². The number of carbonyl (C=O) groups excluding carboxylic acids is 3. The van der Waals surface area contributed by atoms with E-state index in [4.69, 9.17) is 10.5 Å². The molecule has 2 aliphatic rings. The first kappa shape index (κ1) is 27.2. The molecule has 5 rings (SSSR count). The van der Waals surface area contributed by atoms with Crippen LogP contribution in [0.25, 0.3) is 0 Å². The molecule has 11 nitrogen and oxygen atoms in total. The largest absolute Gasteiger partial charge is 0.443 e. The standard InChI is InChI=1S/C25H24F3N7O4S/c26-25(27,28)23-31-19(22(40-23)33-10-12-39-13-11-33)21(37)32-35(24(29)38)18-14-34(15-6-2-1-3-7-15)17-9-5-4-8-16(17)30-20(18)36/h1-9,18H,10-14H2,(H2,29,38)(H,30,36)(H,32,37)/t18-/m0/s1. The molecule has 1 aromatic heterocycles. The number of hydrogen-bond donors (Lipinski definition) is 3. The van der Waals surface area contributed by atoms with Crippen LogP contribution in [0, 0.1) is 0 Å². The fraction of sp³-hybridized carbons (Fsp3) is 0.280. The number of hydrazine groups is 1. The van der Waals surface area contributed by atoms with Crippen LogP contribution >= 0.6 is 11.3 Å². The van der Waals surface area contributed by atoms with Crippen LogP contribution in [-0.4, -0.2) is 66.7 Å². The third-order valence-corrected chi connectivity index (χ3v) is 7.48. The number of nitrogens with one attached hydrogen (secondary N) is 2. The summed E-state index contributed by atoms with van der Waals surface area (Å²) in [5.41, 5.74) is 9.09. The summed E-state index contributed by atoms with van der Waals surface area (Å²) in [5, 5.41) is 2.12. The lowest BCUT2D eigenvalue weighted by atomic mass is 10.2. The maximum absolute atomic E-state index is 13.6. The molecule has 4 N–H and O–H groups in total. The number of halogens is 3. The van der Waals surface area contributed by atoms with Crippen LogP contribution < -0.4 is 26.3 Å². The van der Waals surface area contributed by atoms with Crippen LogP contribution in [0.5, 0.6) is 0 Å². The molecule has 4 amide bonds. The number of rotatable bonds is 4. The first-order valence-electron chi connectivity index (χ1n) is 12.2. The molecule has 0 saturated carbocycles. The van der Waals surface area contributed by atoms with Gasteiger partial charge in [0.2, 0.25) is 5.01 Å². The highest BCUT2D eigenvalue weighted by Gasteiger charge is 2.40. The predicted molar refractivity (Wildman–Crippen MR) is 141 cm³/mol. The minimum Gasteiger partial charge on any atom is -0.378 e. The van der Waals surface area contributed by atoms with Gasteiger partial charge in [0, 0.05) is 18.8 Å². The number of nitrogens with two attached hydrogens (primary N) is 1. The van der Waals surface area contributed by atoms with E-state index < -0.39 is 40.8 Å². The second-order valence-corrected chi connectivity index (χ2v) is 9.86. The van der Waals surface area contributed by atoms with E-state index in [1.807, 2.05) is 6.07 Å². The third kappa shape index (κ3) is 5.51. The Hall–Kier alpha value is -4.37. The van der Waals surface area contributed by atoms with Crippen molar-refractivity contribution in [3.8, 4) is 0 Å². The number of amides is 4. The molecule has 1 atom stereocenters. The molecule has 0 aliphatic carbocycles. The number of thiazole rings is 1. The number of alkyl halides is 3. The lowest BCUT2D eigenvalue weighted by Crippen LogP contribution is -2.60. The molecule has 1 saturated heterocycles. The number of hydrogen-bond acceptors (Lipinski definition) is 8. The SMILES string of the molecule is NC(=O)N(NC(=O)c1nc(C(F)(F)F)sc1N1CCOCC1)[C@H]1CN(c2ccccc2)c2ccccc2NC1=O. The Balaban J connectivity index is 1.48. The molecule has 0 bridgehead atoms. The fourth-order valence-electron chi connectivity index (χ4n) is 4.45. The monoisotopic (exact) mass is 575 g/mol. The van der Waals surface area contributed by atoms with Crippen LogP contribution in [0.1, 0.15) is 15.5 Å². The van der Waals surface area contributed by atoms with Crippen molar-refractivity contribution in [3.05, 3.63) is 65.3 Å². The van der Waals surface area contributed by atoms with Gasteiger partial charge in [-0.05, 0) is 24.3 Å². The van der Waals surface area contributed by atoms with E-state index in [9.17, 15) is 27.6 Å². The number of nitrogens with zero attached hydrogens (tertiary/aromatic N) is 4. The second-order valence-electron chi connectivity index (χ2n) is 8.89. The first-order valence-corrected chi connectivity index (χ1v) is 13.0. The summed E-state index contributed by atoms with van der Waals surface area (Å²) in [4.78, 5) is 46.2. The molecule has 2 aromatic carbocycles. The molecule has 0 unspecified atom stereocenters. The molecule has 0 radical (unpaired) electrons. The Morgan fingerprint density at radius 2 is 1.77 bits per heavy atom. The van der Waals surface area contributed by atoms with Crippen molar-refractivity contribution in [2.75, 3.05) is 48.0 Å². The molecular formula is C25H24F3N7O4S. The molecule has 40 heavy (non-hydrogen) atoms. The van der Waals surface area contributed by atoms with E-state index in [0.29, 0.717) is 33.4 Å². The van der Waals surface area contributed by atoms with Gasteiger partial charge in [-0.1, -0.05) is 41.7 Å². The van der Waals surface area contributed by atoms with Crippen molar-refractivity contribution >= 4 is 51.2 Å². The minimum absolute atomic E-state index is 0.0267.